The second kappa shape index (κ2) is 7.30. The maximum atomic E-state index is 13.0. The van der Waals surface area contributed by atoms with Crippen LogP contribution in [0.3, 0.4) is 0 Å². The number of carbonyl (C=O) groups excluding carboxylic acids is 2. The summed E-state index contributed by atoms with van der Waals surface area (Å²) in [5.41, 5.74) is 3.23. The van der Waals surface area contributed by atoms with E-state index < -0.39 is 12.0 Å². The van der Waals surface area contributed by atoms with E-state index in [0.717, 1.165) is 16.8 Å². The fourth-order valence-corrected chi connectivity index (χ4v) is 2.94. The highest BCUT2D eigenvalue weighted by Gasteiger charge is 2.32. The fraction of sp³-hybridized carbons (Fsp3) is 0.250. The maximum absolute atomic E-state index is 13.0. The molecule has 0 saturated heterocycles. The first-order chi connectivity index (χ1) is 12.2. The van der Waals surface area contributed by atoms with Crippen LogP contribution in [0.4, 0.5) is 5.69 Å². The van der Waals surface area contributed by atoms with E-state index in [1.165, 1.54) is 12.0 Å². The molecule has 0 aromatic heterocycles. The predicted octanol–water partition coefficient (Wildman–Crippen LogP) is 2.82. The Kier molecular flexibility index (Phi) is 4.93. The zero-order valence-electron chi connectivity index (χ0n) is 14.3. The van der Waals surface area contributed by atoms with E-state index in [-0.39, 0.29) is 12.5 Å². The number of hydrogen-bond donors (Lipinski definition) is 0. The third-order valence-corrected chi connectivity index (χ3v) is 4.23. The number of anilines is 1. The van der Waals surface area contributed by atoms with Crippen LogP contribution >= 0.6 is 0 Å². The lowest BCUT2D eigenvalue weighted by Gasteiger charge is -2.23. The molecule has 3 rings (SSSR count). The summed E-state index contributed by atoms with van der Waals surface area (Å²) in [4.78, 5) is 31.0. The average Bonchev–Trinajstić information content (AvgIpc) is 2.78. The first kappa shape index (κ1) is 16.9. The van der Waals surface area contributed by atoms with Gasteiger partial charge in [-0.1, -0.05) is 55.5 Å². The Labute approximate surface area is 146 Å². The smallest absolute Gasteiger partial charge is 0.325 e. The van der Waals surface area contributed by atoms with Gasteiger partial charge in [-0.05, 0) is 12.5 Å². The minimum atomic E-state index is -0.535. The molecule has 0 saturated carbocycles. The number of methoxy groups -OCH3 is 1. The largest absolute Gasteiger partial charge is 0.468 e. The second-order valence-corrected chi connectivity index (χ2v) is 5.79. The zero-order valence-corrected chi connectivity index (χ0v) is 14.3. The van der Waals surface area contributed by atoms with E-state index >= 15 is 0 Å². The molecule has 1 aliphatic heterocycles. The third-order valence-electron chi connectivity index (χ3n) is 4.23. The Hall–Kier alpha value is -2.95. The Morgan fingerprint density at radius 1 is 1.12 bits per heavy atom. The molecule has 5 heteroatoms. The van der Waals surface area contributed by atoms with Crippen molar-refractivity contribution in [1.82, 2.24) is 0 Å². The number of esters is 1. The van der Waals surface area contributed by atoms with E-state index in [9.17, 15) is 9.59 Å². The minimum absolute atomic E-state index is 0.125. The van der Waals surface area contributed by atoms with E-state index in [2.05, 4.69) is 0 Å². The molecule has 2 aromatic rings. The van der Waals surface area contributed by atoms with Crippen LogP contribution in [0.15, 0.2) is 59.6 Å². The van der Waals surface area contributed by atoms with Crippen molar-refractivity contribution in [3.05, 3.63) is 65.7 Å². The summed E-state index contributed by atoms with van der Waals surface area (Å²) in [6.45, 7) is 1.79. The molecule has 2 aromatic carbocycles. The number of para-hydroxylation sites is 1. The first-order valence-electron chi connectivity index (χ1n) is 8.26. The van der Waals surface area contributed by atoms with E-state index in [0.29, 0.717) is 12.1 Å². The normalized spacial score (nSPS) is 16.7. The molecule has 0 radical (unpaired) electrons. The molecule has 1 aliphatic rings. The van der Waals surface area contributed by atoms with Crippen molar-refractivity contribution in [3.8, 4) is 0 Å². The van der Waals surface area contributed by atoms with Gasteiger partial charge in [0, 0.05) is 11.1 Å². The molecule has 0 aliphatic carbocycles. The third kappa shape index (κ3) is 3.31. The van der Waals surface area contributed by atoms with Crippen molar-refractivity contribution in [2.75, 3.05) is 18.6 Å². The van der Waals surface area contributed by atoms with Crippen molar-refractivity contribution >= 4 is 23.3 Å². The van der Waals surface area contributed by atoms with Gasteiger partial charge in [0.1, 0.15) is 12.6 Å². The Balaban J connectivity index is 2.18. The summed E-state index contributed by atoms with van der Waals surface area (Å²) in [6.07, 6.45) is 0.556. The molecular weight excluding hydrogens is 316 g/mol. The molecular formula is C20H20N2O3. The molecule has 1 heterocycles. The molecule has 1 atom stereocenters. The van der Waals surface area contributed by atoms with Crippen LogP contribution in [0.5, 0.6) is 0 Å². The monoisotopic (exact) mass is 336 g/mol. The summed E-state index contributed by atoms with van der Waals surface area (Å²) in [6, 6.07) is 16.8. The topological polar surface area (TPSA) is 59.0 Å². The van der Waals surface area contributed by atoms with Crippen molar-refractivity contribution in [2.24, 2.45) is 4.99 Å². The van der Waals surface area contributed by atoms with Gasteiger partial charge in [-0.25, -0.2) is 0 Å². The lowest BCUT2D eigenvalue weighted by Crippen LogP contribution is -2.41. The fourth-order valence-electron chi connectivity index (χ4n) is 2.94. The summed E-state index contributed by atoms with van der Waals surface area (Å²) in [5, 5.41) is 0. The SMILES string of the molecule is CCC1N=C(c2ccccc2)c2ccccc2N(CC(=O)OC)C1=O. The number of nitrogens with zero attached hydrogens (tertiary/aromatic N) is 2. The molecule has 0 N–H and O–H groups in total. The second-order valence-electron chi connectivity index (χ2n) is 5.79. The van der Waals surface area contributed by atoms with Crippen molar-refractivity contribution in [2.45, 2.75) is 19.4 Å². The molecule has 25 heavy (non-hydrogen) atoms. The zero-order chi connectivity index (χ0) is 17.8. The van der Waals surface area contributed by atoms with Crippen LogP contribution in [0.2, 0.25) is 0 Å². The number of benzene rings is 2. The quantitative estimate of drug-likeness (QED) is 0.807. The van der Waals surface area contributed by atoms with Crippen LogP contribution in [0.1, 0.15) is 24.5 Å². The molecule has 1 amide bonds. The van der Waals surface area contributed by atoms with Gasteiger partial charge in [0.25, 0.3) is 5.91 Å². The van der Waals surface area contributed by atoms with Gasteiger partial charge in [-0.2, -0.15) is 0 Å². The number of carbonyl (C=O) groups is 2. The number of ether oxygens (including phenoxy) is 1. The maximum Gasteiger partial charge on any atom is 0.325 e. The molecule has 0 fully saturated rings. The van der Waals surface area contributed by atoms with Crippen LogP contribution in [-0.4, -0.2) is 37.3 Å². The van der Waals surface area contributed by atoms with Gasteiger partial charge < -0.3 is 4.74 Å². The summed E-state index contributed by atoms with van der Waals surface area (Å²) in [5.74, 6) is -0.646. The lowest BCUT2D eigenvalue weighted by atomic mass is 10.0. The number of aliphatic imine (C=N–C) groups is 1. The van der Waals surface area contributed by atoms with Gasteiger partial charge in [0.2, 0.25) is 0 Å². The molecule has 0 spiro atoms. The van der Waals surface area contributed by atoms with Gasteiger partial charge in [-0.3, -0.25) is 19.5 Å². The average molecular weight is 336 g/mol. The number of fused-ring (bicyclic) bond motifs is 1. The number of amides is 1. The van der Waals surface area contributed by atoms with Gasteiger partial charge in [0.05, 0.1) is 18.5 Å². The number of benzodiazepines with no additional fused rings is 1. The Bertz CT molecular complexity index is 815. The van der Waals surface area contributed by atoms with Crippen LogP contribution in [0, 0.1) is 0 Å². The minimum Gasteiger partial charge on any atom is -0.468 e. The lowest BCUT2D eigenvalue weighted by molar-refractivity contribution is -0.140. The van der Waals surface area contributed by atoms with Crippen molar-refractivity contribution in [1.29, 1.82) is 0 Å². The predicted molar refractivity (Wildman–Crippen MR) is 97.0 cm³/mol. The van der Waals surface area contributed by atoms with Crippen molar-refractivity contribution < 1.29 is 14.3 Å². The number of rotatable bonds is 4. The molecule has 5 nitrogen and oxygen atoms in total. The Morgan fingerprint density at radius 3 is 2.48 bits per heavy atom. The molecule has 0 bridgehead atoms. The van der Waals surface area contributed by atoms with E-state index in [1.807, 2.05) is 61.5 Å². The highest BCUT2D eigenvalue weighted by Crippen LogP contribution is 2.29. The standard InChI is InChI=1S/C20H20N2O3/c1-3-16-20(24)22(13-18(23)25-2)17-12-8-7-11-15(17)19(21-16)14-9-5-4-6-10-14/h4-12,16H,3,13H2,1-2H3. The summed E-state index contributed by atoms with van der Waals surface area (Å²) >= 11 is 0. The summed E-state index contributed by atoms with van der Waals surface area (Å²) < 4.78 is 4.77. The molecule has 1 unspecified atom stereocenters. The number of hydrogen-bond acceptors (Lipinski definition) is 4. The first-order valence-corrected chi connectivity index (χ1v) is 8.26. The molecule has 128 valence electrons. The van der Waals surface area contributed by atoms with Crippen LogP contribution in [0.25, 0.3) is 0 Å². The van der Waals surface area contributed by atoms with Gasteiger partial charge in [-0.15, -0.1) is 0 Å². The van der Waals surface area contributed by atoms with E-state index in [1.54, 1.807) is 0 Å². The summed E-state index contributed by atoms with van der Waals surface area (Å²) in [7, 11) is 1.32. The highest BCUT2D eigenvalue weighted by molar-refractivity contribution is 6.20. The highest BCUT2D eigenvalue weighted by atomic mass is 16.5. The van der Waals surface area contributed by atoms with Crippen LogP contribution < -0.4 is 4.90 Å². The van der Waals surface area contributed by atoms with Crippen molar-refractivity contribution in [3.63, 3.8) is 0 Å². The Morgan fingerprint density at radius 2 is 1.80 bits per heavy atom. The van der Waals surface area contributed by atoms with Gasteiger partial charge >= 0.3 is 5.97 Å². The van der Waals surface area contributed by atoms with E-state index in [4.69, 9.17) is 9.73 Å². The van der Waals surface area contributed by atoms with Crippen LogP contribution in [-0.2, 0) is 14.3 Å². The van der Waals surface area contributed by atoms with Gasteiger partial charge in [0.15, 0.2) is 0 Å².